The van der Waals surface area contributed by atoms with E-state index in [1.54, 1.807) is 0 Å². The molecule has 4 heteroatoms. The van der Waals surface area contributed by atoms with Crippen molar-refractivity contribution in [3.05, 3.63) is 0 Å². The molecule has 3 atom stereocenters. The minimum atomic E-state index is -0.967. The van der Waals surface area contributed by atoms with Crippen LogP contribution in [0, 0.1) is 11.8 Å². The molecule has 0 saturated carbocycles. The van der Waals surface area contributed by atoms with Crippen molar-refractivity contribution in [2.45, 2.75) is 38.4 Å². The van der Waals surface area contributed by atoms with Crippen LogP contribution in [0.4, 0.5) is 0 Å². The van der Waals surface area contributed by atoms with Crippen molar-refractivity contribution in [2.24, 2.45) is 11.8 Å². The molecule has 2 heterocycles. The van der Waals surface area contributed by atoms with Gasteiger partial charge in [0.2, 0.25) is 0 Å². The zero-order valence-corrected chi connectivity index (χ0v) is 10.9. The molecular weight excluding hydrogens is 216 g/mol. The molecule has 0 aliphatic carbocycles. The fourth-order valence-corrected chi connectivity index (χ4v) is 2.78. The fraction of sp³-hybridized carbons (Fsp3) is 1.00. The van der Waals surface area contributed by atoms with Crippen LogP contribution in [-0.2, 0) is 4.74 Å². The second-order valence-corrected chi connectivity index (χ2v) is 5.62. The molecule has 0 spiro atoms. The van der Waals surface area contributed by atoms with Crippen molar-refractivity contribution in [3.63, 3.8) is 0 Å². The smallest absolute Gasteiger partial charge is 0.166 e. The zero-order chi connectivity index (χ0) is 12.1. The number of rotatable bonds is 4. The summed E-state index contributed by atoms with van der Waals surface area (Å²) in [7, 11) is 0. The van der Waals surface area contributed by atoms with Crippen LogP contribution < -0.4 is 10.6 Å². The lowest BCUT2D eigenvalue weighted by Gasteiger charge is -2.37. The van der Waals surface area contributed by atoms with E-state index in [9.17, 15) is 5.11 Å². The number of aliphatic hydroxyl groups is 1. The molecule has 3 unspecified atom stereocenters. The van der Waals surface area contributed by atoms with Crippen LogP contribution in [0.2, 0.25) is 0 Å². The van der Waals surface area contributed by atoms with Crippen LogP contribution in [0.15, 0.2) is 0 Å². The molecule has 2 aliphatic heterocycles. The Labute approximate surface area is 104 Å². The second kappa shape index (κ2) is 6.14. The van der Waals surface area contributed by atoms with Crippen molar-refractivity contribution in [3.8, 4) is 0 Å². The standard InChI is InChI=1S/C13H26N2O2/c1-13(16,12-5-3-7-15-9-12)17-10-11-4-2-6-14-8-11/h11-12,14-16H,2-10H2,1H3. The summed E-state index contributed by atoms with van der Waals surface area (Å²) in [6.07, 6.45) is 4.63. The average molecular weight is 242 g/mol. The first-order chi connectivity index (χ1) is 8.18. The molecule has 0 aromatic rings. The van der Waals surface area contributed by atoms with Gasteiger partial charge in [-0.05, 0) is 51.6 Å². The van der Waals surface area contributed by atoms with Gasteiger partial charge >= 0.3 is 0 Å². The number of ether oxygens (including phenoxy) is 1. The quantitative estimate of drug-likeness (QED) is 0.636. The highest BCUT2D eigenvalue weighted by molar-refractivity contribution is 4.80. The third-order valence-corrected chi connectivity index (χ3v) is 4.06. The number of nitrogens with one attached hydrogen (secondary N) is 2. The Morgan fingerprint density at radius 3 is 2.47 bits per heavy atom. The summed E-state index contributed by atoms with van der Waals surface area (Å²) in [5, 5.41) is 17.1. The first kappa shape index (κ1) is 13.3. The number of hydrogen-bond donors (Lipinski definition) is 3. The summed E-state index contributed by atoms with van der Waals surface area (Å²) in [5.74, 6) is -0.176. The van der Waals surface area contributed by atoms with Crippen LogP contribution >= 0.6 is 0 Å². The number of hydrogen-bond acceptors (Lipinski definition) is 4. The average Bonchev–Trinajstić information content (AvgIpc) is 2.39. The maximum absolute atomic E-state index is 10.4. The van der Waals surface area contributed by atoms with Gasteiger partial charge in [-0.3, -0.25) is 0 Å². The molecule has 0 aromatic carbocycles. The summed E-state index contributed by atoms with van der Waals surface area (Å²) >= 11 is 0. The molecule has 2 fully saturated rings. The Hall–Kier alpha value is -0.160. The van der Waals surface area contributed by atoms with E-state index in [1.165, 1.54) is 12.8 Å². The van der Waals surface area contributed by atoms with E-state index >= 15 is 0 Å². The summed E-state index contributed by atoms with van der Waals surface area (Å²) < 4.78 is 5.78. The summed E-state index contributed by atoms with van der Waals surface area (Å²) in [6, 6.07) is 0. The minimum absolute atomic E-state index is 0.229. The summed E-state index contributed by atoms with van der Waals surface area (Å²) in [5.41, 5.74) is 0. The van der Waals surface area contributed by atoms with Crippen LogP contribution in [0.5, 0.6) is 0 Å². The fourth-order valence-electron chi connectivity index (χ4n) is 2.78. The van der Waals surface area contributed by atoms with Gasteiger partial charge in [0, 0.05) is 19.0 Å². The highest BCUT2D eigenvalue weighted by Crippen LogP contribution is 2.26. The van der Waals surface area contributed by atoms with Gasteiger partial charge < -0.3 is 20.5 Å². The van der Waals surface area contributed by atoms with Crippen molar-refractivity contribution in [1.29, 1.82) is 0 Å². The molecular formula is C13H26N2O2. The lowest BCUT2D eigenvalue weighted by Crippen LogP contribution is -2.47. The summed E-state index contributed by atoms with van der Waals surface area (Å²) in [6.45, 7) is 6.59. The van der Waals surface area contributed by atoms with E-state index in [0.29, 0.717) is 12.5 Å². The predicted molar refractivity (Wildman–Crippen MR) is 67.8 cm³/mol. The molecule has 3 N–H and O–H groups in total. The monoisotopic (exact) mass is 242 g/mol. The topological polar surface area (TPSA) is 53.5 Å². The highest BCUT2D eigenvalue weighted by Gasteiger charge is 2.34. The van der Waals surface area contributed by atoms with E-state index in [2.05, 4.69) is 10.6 Å². The third-order valence-electron chi connectivity index (χ3n) is 4.06. The first-order valence-electron chi connectivity index (χ1n) is 6.96. The van der Waals surface area contributed by atoms with Crippen molar-refractivity contribution >= 4 is 0 Å². The molecule has 0 bridgehead atoms. The van der Waals surface area contributed by atoms with E-state index < -0.39 is 5.79 Å². The van der Waals surface area contributed by atoms with Gasteiger partial charge in [-0.1, -0.05) is 0 Å². The molecule has 0 radical (unpaired) electrons. The van der Waals surface area contributed by atoms with Crippen LogP contribution in [-0.4, -0.2) is 43.7 Å². The largest absolute Gasteiger partial charge is 0.365 e. The highest BCUT2D eigenvalue weighted by atomic mass is 16.6. The van der Waals surface area contributed by atoms with Crippen molar-refractivity contribution < 1.29 is 9.84 Å². The molecule has 2 saturated heterocycles. The van der Waals surface area contributed by atoms with Crippen LogP contribution in [0.25, 0.3) is 0 Å². The Kier molecular flexibility index (Phi) is 4.79. The van der Waals surface area contributed by atoms with Gasteiger partial charge in [0.05, 0.1) is 6.61 Å². The second-order valence-electron chi connectivity index (χ2n) is 5.62. The van der Waals surface area contributed by atoms with E-state index in [-0.39, 0.29) is 5.92 Å². The van der Waals surface area contributed by atoms with Crippen LogP contribution in [0.1, 0.15) is 32.6 Å². The van der Waals surface area contributed by atoms with Gasteiger partial charge in [0.15, 0.2) is 5.79 Å². The lowest BCUT2D eigenvalue weighted by atomic mass is 9.91. The van der Waals surface area contributed by atoms with Gasteiger partial charge in [0.1, 0.15) is 0 Å². The van der Waals surface area contributed by atoms with Crippen molar-refractivity contribution in [2.75, 3.05) is 32.8 Å². The maximum atomic E-state index is 10.4. The Morgan fingerprint density at radius 1 is 1.18 bits per heavy atom. The molecule has 4 nitrogen and oxygen atoms in total. The lowest BCUT2D eigenvalue weighted by molar-refractivity contribution is -0.233. The molecule has 100 valence electrons. The van der Waals surface area contributed by atoms with E-state index in [1.807, 2.05) is 6.92 Å². The van der Waals surface area contributed by atoms with Gasteiger partial charge in [-0.2, -0.15) is 0 Å². The van der Waals surface area contributed by atoms with E-state index in [4.69, 9.17) is 4.74 Å². The zero-order valence-electron chi connectivity index (χ0n) is 10.9. The van der Waals surface area contributed by atoms with Crippen LogP contribution in [0.3, 0.4) is 0 Å². The molecule has 2 rings (SSSR count). The molecule has 2 aliphatic rings. The third kappa shape index (κ3) is 3.91. The molecule has 17 heavy (non-hydrogen) atoms. The normalized spacial score (nSPS) is 34.2. The molecule has 0 aromatic heterocycles. The Bertz CT molecular complexity index is 221. The number of piperidine rings is 2. The Balaban J connectivity index is 1.75. The predicted octanol–water partition coefficient (Wildman–Crippen LogP) is 0.711. The summed E-state index contributed by atoms with van der Waals surface area (Å²) in [4.78, 5) is 0. The van der Waals surface area contributed by atoms with Crippen molar-refractivity contribution in [1.82, 2.24) is 10.6 Å². The SMILES string of the molecule is CC(O)(OCC1CCCNC1)C1CCCNC1. The van der Waals surface area contributed by atoms with Gasteiger partial charge in [-0.15, -0.1) is 0 Å². The first-order valence-corrected chi connectivity index (χ1v) is 6.96. The maximum Gasteiger partial charge on any atom is 0.166 e. The van der Waals surface area contributed by atoms with Gasteiger partial charge in [-0.25, -0.2) is 0 Å². The Morgan fingerprint density at radius 2 is 1.88 bits per heavy atom. The van der Waals surface area contributed by atoms with Gasteiger partial charge in [0.25, 0.3) is 0 Å². The molecule has 0 amide bonds. The minimum Gasteiger partial charge on any atom is -0.365 e. The van der Waals surface area contributed by atoms with E-state index in [0.717, 1.165) is 39.0 Å².